The highest BCUT2D eigenvalue weighted by atomic mass is 16.4. The first-order chi connectivity index (χ1) is 6.68. The highest BCUT2D eigenvalue weighted by Crippen LogP contribution is 2.16. The predicted molar refractivity (Wildman–Crippen MR) is 45.7 cm³/mol. The molecule has 0 radical (unpaired) electrons. The lowest BCUT2D eigenvalue weighted by Gasteiger charge is -1.93. The van der Waals surface area contributed by atoms with E-state index in [0.717, 1.165) is 6.26 Å². The minimum absolute atomic E-state index is 0.110. The molecule has 2 rings (SSSR count). The standard InChI is InChI=1S/C8H7N3O3/c1-11-6(2-3-9-11)7-10-5(4-14-7)8(12)13/h2-4H,1H3,(H,12,13). The van der Waals surface area contributed by atoms with Crippen molar-refractivity contribution < 1.29 is 14.3 Å². The van der Waals surface area contributed by atoms with Crippen LogP contribution in [0.5, 0.6) is 0 Å². The molecule has 72 valence electrons. The third kappa shape index (κ3) is 1.26. The number of carboxylic acid groups (broad SMARTS) is 1. The van der Waals surface area contributed by atoms with Gasteiger partial charge in [-0.05, 0) is 6.07 Å². The van der Waals surface area contributed by atoms with E-state index in [9.17, 15) is 4.79 Å². The molecule has 6 nitrogen and oxygen atoms in total. The quantitative estimate of drug-likeness (QED) is 0.761. The van der Waals surface area contributed by atoms with Crippen LogP contribution in [0.4, 0.5) is 0 Å². The summed E-state index contributed by atoms with van der Waals surface area (Å²) >= 11 is 0. The zero-order chi connectivity index (χ0) is 10.1. The molecule has 0 saturated heterocycles. The normalized spacial score (nSPS) is 10.4. The summed E-state index contributed by atoms with van der Waals surface area (Å²) in [5, 5.41) is 12.5. The van der Waals surface area contributed by atoms with Gasteiger partial charge in [0.15, 0.2) is 5.69 Å². The summed E-state index contributed by atoms with van der Waals surface area (Å²) in [7, 11) is 1.72. The lowest BCUT2D eigenvalue weighted by Crippen LogP contribution is -1.97. The summed E-state index contributed by atoms with van der Waals surface area (Å²) in [6.07, 6.45) is 2.69. The van der Waals surface area contributed by atoms with Gasteiger partial charge >= 0.3 is 5.97 Å². The number of carboxylic acids is 1. The van der Waals surface area contributed by atoms with Crippen molar-refractivity contribution in [3.8, 4) is 11.6 Å². The molecular formula is C8H7N3O3. The third-order valence-corrected chi connectivity index (χ3v) is 1.76. The maximum absolute atomic E-state index is 10.5. The summed E-state index contributed by atoms with van der Waals surface area (Å²) in [6.45, 7) is 0. The zero-order valence-corrected chi connectivity index (χ0v) is 7.34. The van der Waals surface area contributed by atoms with Crippen LogP contribution in [-0.2, 0) is 7.05 Å². The number of hydrogen-bond donors (Lipinski definition) is 1. The first kappa shape index (κ1) is 8.49. The highest BCUT2D eigenvalue weighted by Gasteiger charge is 2.13. The van der Waals surface area contributed by atoms with E-state index in [1.54, 1.807) is 24.0 Å². The van der Waals surface area contributed by atoms with Crippen molar-refractivity contribution in [2.45, 2.75) is 0 Å². The maximum Gasteiger partial charge on any atom is 0.357 e. The van der Waals surface area contributed by atoms with E-state index in [4.69, 9.17) is 9.52 Å². The molecule has 0 unspecified atom stereocenters. The number of oxazole rings is 1. The molecule has 0 amide bonds. The average Bonchev–Trinajstić information content (AvgIpc) is 2.71. The molecule has 14 heavy (non-hydrogen) atoms. The number of rotatable bonds is 2. The number of hydrogen-bond acceptors (Lipinski definition) is 4. The summed E-state index contributed by atoms with van der Waals surface area (Å²) in [6, 6.07) is 1.69. The molecule has 2 heterocycles. The van der Waals surface area contributed by atoms with Gasteiger partial charge in [0.1, 0.15) is 12.0 Å². The van der Waals surface area contributed by atoms with Gasteiger partial charge in [-0.15, -0.1) is 0 Å². The van der Waals surface area contributed by atoms with Crippen molar-refractivity contribution in [2.75, 3.05) is 0 Å². The Morgan fingerprint density at radius 2 is 2.43 bits per heavy atom. The van der Waals surface area contributed by atoms with Crippen molar-refractivity contribution in [1.29, 1.82) is 0 Å². The molecule has 0 bridgehead atoms. The number of carbonyl (C=O) groups is 1. The molecule has 0 aliphatic rings. The minimum atomic E-state index is -1.11. The molecule has 6 heteroatoms. The number of aryl methyl sites for hydroxylation is 1. The van der Waals surface area contributed by atoms with E-state index in [1.165, 1.54) is 0 Å². The van der Waals surface area contributed by atoms with Crippen molar-refractivity contribution >= 4 is 5.97 Å². The van der Waals surface area contributed by atoms with Crippen LogP contribution in [-0.4, -0.2) is 25.8 Å². The van der Waals surface area contributed by atoms with Gasteiger partial charge in [-0.25, -0.2) is 9.78 Å². The Hall–Kier alpha value is -2.11. The van der Waals surface area contributed by atoms with Crippen LogP contribution < -0.4 is 0 Å². The first-order valence-corrected chi connectivity index (χ1v) is 3.85. The Morgan fingerprint density at radius 1 is 1.64 bits per heavy atom. The van der Waals surface area contributed by atoms with Gasteiger partial charge in [-0.2, -0.15) is 5.10 Å². The molecule has 0 saturated carbocycles. The van der Waals surface area contributed by atoms with E-state index in [-0.39, 0.29) is 11.6 Å². The van der Waals surface area contributed by atoms with Crippen LogP contribution in [0.3, 0.4) is 0 Å². The summed E-state index contributed by atoms with van der Waals surface area (Å²) in [4.78, 5) is 14.3. The second-order valence-electron chi connectivity index (χ2n) is 2.68. The van der Waals surface area contributed by atoms with Crippen LogP contribution in [0.1, 0.15) is 10.5 Å². The molecule has 1 N–H and O–H groups in total. The van der Waals surface area contributed by atoms with Gasteiger partial charge in [-0.1, -0.05) is 0 Å². The predicted octanol–water partition coefficient (Wildman–Crippen LogP) is 0.773. The highest BCUT2D eigenvalue weighted by molar-refractivity contribution is 5.85. The Balaban J connectivity index is 2.43. The SMILES string of the molecule is Cn1nccc1-c1nc(C(=O)O)co1. The largest absolute Gasteiger partial charge is 0.476 e. The molecule has 2 aromatic heterocycles. The number of aromatic carboxylic acids is 1. The second-order valence-corrected chi connectivity index (χ2v) is 2.68. The lowest BCUT2D eigenvalue weighted by atomic mass is 10.4. The molecule has 0 fully saturated rings. The zero-order valence-electron chi connectivity index (χ0n) is 7.34. The molecule has 0 aromatic carbocycles. The Bertz CT molecular complexity index is 472. The van der Waals surface area contributed by atoms with Crippen LogP contribution in [0.25, 0.3) is 11.6 Å². The van der Waals surface area contributed by atoms with Crippen LogP contribution in [0.15, 0.2) is 22.9 Å². The molecule has 0 aliphatic heterocycles. The Kier molecular flexibility index (Phi) is 1.81. The van der Waals surface area contributed by atoms with E-state index >= 15 is 0 Å². The van der Waals surface area contributed by atoms with Crippen LogP contribution in [0.2, 0.25) is 0 Å². The second kappa shape index (κ2) is 2.99. The third-order valence-electron chi connectivity index (χ3n) is 1.76. The lowest BCUT2D eigenvalue weighted by molar-refractivity contribution is 0.0690. The van der Waals surface area contributed by atoms with Gasteiger partial charge in [0.05, 0.1) is 0 Å². The van der Waals surface area contributed by atoms with E-state index in [0.29, 0.717) is 5.69 Å². The van der Waals surface area contributed by atoms with Gasteiger partial charge in [0.2, 0.25) is 5.89 Å². The van der Waals surface area contributed by atoms with Crippen molar-refractivity contribution in [2.24, 2.45) is 7.05 Å². The fraction of sp³-hybridized carbons (Fsp3) is 0.125. The van der Waals surface area contributed by atoms with Crippen molar-refractivity contribution in [1.82, 2.24) is 14.8 Å². The molecule has 0 spiro atoms. The van der Waals surface area contributed by atoms with Gasteiger partial charge < -0.3 is 9.52 Å². The topological polar surface area (TPSA) is 81.2 Å². The molecule has 0 aliphatic carbocycles. The fourth-order valence-corrected chi connectivity index (χ4v) is 1.07. The van der Waals surface area contributed by atoms with Gasteiger partial charge in [0.25, 0.3) is 0 Å². The minimum Gasteiger partial charge on any atom is -0.476 e. The molecular weight excluding hydrogens is 186 g/mol. The number of aromatic nitrogens is 3. The van der Waals surface area contributed by atoms with Crippen LogP contribution in [0, 0.1) is 0 Å². The monoisotopic (exact) mass is 193 g/mol. The van der Waals surface area contributed by atoms with E-state index in [1.807, 2.05) is 0 Å². The number of nitrogens with zero attached hydrogens (tertiary/aromatic N) is 3. The summed E-state index contributed by atoms with van der Waals surface area (Å²) in [5.41, 5.74) is 0.527. The van der Waals surface area contributed by atoms with Gasteiger partial charge in [0, 0.05) is 13.2 Å². The smallest absolute Gasteiger partial charge is 0.357 e. The molecule has 2 aromatic rings. The fourth-order valence-electron chi connectivity index (χ4n) is 1.07. The Labute approximate surface area is 78.8 Å². The average molecular weight is 193 g/mol. The van der Waals surface area contributed by atoms with Crippen LogP contribution >= 0.6 is 0 Å². The summed E-state index contributed by atoms with van der Waals surface area (Å²) in [5.74, 6) is -0.857. The summed E-state index contributed by atoms with van der Waals surface area (Å²) < 4.78 is 6.55. The first-order valence-electron chi connectivity index (χ1n) is 3.85. The molecule has 0 atom stereocenters. The van der Waals surface area contributed by atoms with E-state index in [2.05, 4.69) is 10.1 Å². The van der Waals surface area contributed by atoms with Crippen molar-refractivity contribution in [3.63, 3.8) is 0 Å². The van der Waals surface area contributed by atoms with E-state index < -0.39 is 5.97 Å². The van der Waals surface area contributed by atoms with Crippen molar-refractivity contribution in [3.05, 3.63) is 24.2 Å². The Morgan fingerprint density at radius 3 is 2.93 bits per heavy atom. The van der Waals surface area contributed by atoms with Gasteiger partial charge in [-0.3, -0.25) is 4.68 Å². The maximum atomic E-state index is 10.5.